The summed E-state index contributed by atoms with van der Waals surface area (Å²) in [5, 5.41) is 1.59. The molecule has 35 heavy (non-hydrogen) atoms. The van der Waals surface area contributed by atoms with Gasteiger partial charge in [0.25, 0.3) is 0 Å². The van der Waals surface area contributed by atoms with Crippen molar-refractivity contribution in [2.24, 2.45) is 11.8 Å². The number of rotatable bonds is 2. The van der Waals surface area contributed by atoms with Crippen LogP contribution in [0.15, 0.2) is 24.5 Å². The summed E-state index contributed by atoms with van der Waals surface area (Å²) in [6, 6.07) is 3.49. The molecule has 3 heterocycles. The van der Waals surface area contributed by atoms with Gasteiger partial charge in [0.05, 0.1) is 27.3 Å². The van der Waals surface area contributed by atoms with Crippen LogP contribution in [0.25, 0.3) is 21.8 Å². The maximum Gasteiger partial charge on any atom is 0.418 e. The highest BCUT2D eigenvalue weighted by Crippen LogP contribution is 2.59. The van der Waals surface area contributed by atoms with E-state index >= 15 is 0 Å². The molecule has 0 amide bonds. The van der Waals surface area contributed by atoms with Gasteiger partial charge >= 0.3 is 6.18 Å². The molecule has 2 saturated carbocycles. The molecule has 1 aliphatic heterocycles. The summed E-state index contributed by atoms with van der Waals surface area (Å²) in [5.41, 5.74) is 3.64. The number of hydrogen-bond donors (Lipinski definition) is 0. The first-order valence-corrected chi connectivity index (χ1v) is 13.5. The minimum Gasteiger partial charge on any atom is -0.255 e. The number of aromatic nitrogens is 2. The molecule has 2 nitrogen and oxygen atoms in total. The Balaban J connectivity index is 1.73. The SMILES string of the molecule is CCC1(C)c2ccnc3c(C(F)(F)F)cc4c5c(c[n+](c4c23)C1(C)CC)C1CC2CC(C1)CC5C2. The van der Waals surface area contributed by atoms with Gasteiger partial charge < -0.3 is 0 Å². The smallest absolute Gasteiger partial charge is 0.255 e. The molecule has 184 valence electrons. The van der Waals surface area contributed by atoms with Gasteiger partial charge in [-0.05, 0) is 92.4 Å². The average Bonchev–Trinajstić information content (AvgIpc) is 3.00. The van der Waals surface area contributed by atoms with Crippen molar-refractivity contribution in [2.45, 2.75) is 102 Å². The normalized spacial score (nSPS) is 35.2. The van der Waals surface area contributed by atoms with Crippen molar-refractivity contribution in [2.75, 3.05) is 0 Å². The van der Waals surface area contributed by atoms with E-state index in [-0.39, 0.29) is 16.5 Å². The van der Waals surface area contributed by atoms with E-state index in [1.807, 2.05) is 6.07 Å². The molecule has 0 N–H and O–H groups in total. The molecule has 3 aromatic rings. The first kappa shape index (κ1) is 22.1. The van der Waals surface area contributed by atoms with Gasteiger partial charge in [0.1, 0.15) is 0 Å². The number of nitrogens with zero attached hydrogens (tertiary/aromatic N) is 2. The Morgan fingerprint density at radius 3 is 2.31 bits per heavy atom. The van der Waals surface area contributed by atoms with Crippen LogP contribution >= 0.6 is 0 Å². The summed E-state index contributed by atoms with van der Waals surface area (Å²) in [4.78, 5) is 4.39. The second kappa shape index (κ2) is 6.77. The Hall–Kier alpha value is -2.17. The van der Waals surface area contributed by atoms with Crippen LogP contribution in [0.5, 0.6) is 0 Å². The molecule has 5 heteroatoms. The van der Waals surface area contributed by atoms with E-state index in [1.165, 1.54) is 36.5 Å². The molecular formula is C30H34F3N2+. The zero-order chi connectivity index (χ0) is 24.5. The van der Waals surface area contributed by atoms with Crippen LogP contribution in [0.1, 0.15) is 107 Å². The van der Waals surface area contributed by atoms with Gasteiger partial charge in [0.15, 0.2) is 11.7 Å². The fourth-order valence-corrected chi connectivity index (χ4v) is 9.08. The molecule has 4 bridgehead atoms. The van der Waals surface area contributed by atoms with Gasteiger partial charge in [0, 0.05) is 25.1 Å². The van der Waals surface area contributed by atoms with Crippen molar-refractivity contribution in [3.63, 3.8) is 0 Å². The highest BCUT2D eigenvalue weighted by molar-refractivity contribution is 6.08. The molecule has 0 spiro atoms. The molecule has 5 aliphatic rings. The molecule has 4 atom stereocenters. The molecule has 4 unspecified atom stereocenters. The van der Waals surface area contributed by atoms with E-state index < -0.39 is 11.7 Å². The predicted molar refractivity (Wildman–Crippen MR) is 132 cm³/mol. The minimum atomic E-state index is -4.44. The lowest BCUT2D eigenvalue weighted by atomic mass is 9.61. The van der Waals surface area contributed by atoms with E-state index in [0.29, 0.717) is 11.8 Å². The fraction of sp³-hybridized carbons (Fsp3) is 0.600. The van der Waals surface area contributed by atoms with Crippen LogP contribution in [0.2, 0.25) is 0 Å². The van der Waals surface area contributed by atoms with Gasteiger partial charge in [-0.25, -0.2) is 0 Å². The monoisotopic (exact) mass is 479 g/mol. The Morgan fingerprint density at radius 1 is 1.00 bits per heavy atom. The lowest BCUT2D eigenvalue weighted by Gasteiger charge is -2.45. The Labute approximate surface area is 204 Å². The maximum atomic E-state index is 14.6. The highest BCUT2D eigenvalue weighted by atomic mass is 19.4. The quantitative estimate of drug-likeness (QED) is 0.270. The van der Waals surface area contributed by atoms with Crippen LogP contribution in [-0.2, 0) is 17.1 Å². The maximum absolute atomic E-state index is 14.6. The van der Waals surface area contributed by atoms with Crippen molar-refractivity contribution in [3.05, 3.63) is 46.8 Å². The molecule has 0 radical (unpaired) electrons. The van der Waals surface area contributed by atoms with Crippen molar-refractivity contribution in [1.29, 1.82) is 0 Å². The van der Waals surface area contributed by atoms with Crippen LogP contribution in [-0.4, -0.2) is 4.98 Å². The van der Waals surface area contributed by atoms with Gasteiger partial charge in [-0.15, -0.1) is 0 Å². The van der Waals surface area contributed by atoms with E-state index in [9.17, 15) is 13.2 Å². The Morgan fingerprint density at radius 2 is 1.69 bits per heavy atom. The predicted octanol–water partition coefficient (Wildman–Crippen LogP) is 7.89. The lowest BCUT2D eigenvalue weighted by Crippen LogP contribution is -2.66. The summed E-state index contributed by atoms with van der Waals surface area (Å²) < 4.78 is 46.2. The van der Waals surface area contributed by atoms with Gasteiger partial charge in [0.2, 0.25) is 5.52 Å². The minimum absolute atomic E-state index is 0.119. The van der Waals surface area contributed by atoms with Gasteiger partial charge in [-0.3, -0.25) is 4.98 Å². The zero-order valence-corrected chi connectivity index (χ0v) is 21.1. The second-order valence-electron chi connectivity index (χ2n) is 12.4. The van der Waals surface area contributed by atoms with E-state index in [2.05, 4.69) is 43.4 Å². The standard InChI is InChI=1S/C30H34F3N2/c1-5-28(3)22-7-8-34-26-23(30(31,32)33)14-20-24-19-12-16-9-17(13-19)11-18(10-16)21(24)15-35(27(20)25(22)26)29(28,4)6-2/h7-8,14-19H,5-6,9-13H2,1-4H3/q+1. The summed E-state index contributed by atoms with van der Waals surface area (Å²) >= 11 is 0. The summed E-state index contributed by atoms with van der Waals surface area (Å²) in [6.07, 6.45) is 7.32. The molecule has 1 aromatic carbocycles. The van der Waals surface area contributed by atoms with E-state index in [4.69, 9.17) is 0 Å². The molecule has 8 rings (SSSR count). The van der Waals surface area contributed by atoms with E-state index in [1.54, 1.807) is 6.20 Å². The topological polar surface area (TPSA) is 16.8 Å². The molecule has 0 saturated heterocycles. The number of benzene rings is 1. The largest absolute Gasteiger partial charge is 0.418 e. The number of pyridine rings is 2. The van der Waals surface area contributed by atoms with Crippen molar-refractivity contribution < 1.29 is 17.7 Å². The van der Waals surface area contributed by atoms with Crippen molar-refractivity contribution >= 4 is 21.8 Å². The molecule has 4 aliphatic carbocycles. The van der Waals surface area contributed by atoms with Gasteiger partial charge in [-0.2, -0.15) is 17.7 Å². The summed E-state index contributed by atoms with van der Waals surface area (Å²) in [5.74, 6) is 2.29. The number of halogens is 3. The van der Waals surface area contributed by atoms with Crippen molar-refractivity contribution in [3.8, 4) is 0 Å². The first-order chi connectivity index (χ1) is 16.6. The Bertz CT molecular complexity index is 1390. The second-order valence-corrected chi connectivity index (χ2v) is 12.4. The molecule has 2 fully saturated rings. The fourth-order valence-electron chi connectivity index (χ4n) is 9.08. The van der Waals surface area contributed by atoms with Crippen LogP contribution in [0.3, 0.4) is 0 Å². The van der Waals surface area contributed by atoms with Crippen molar-refractivity contribution in [1.82, 2.24) is 4.98 Å². The summed E-state index contributed by atoms with van der Waals surface area (Å²) in [6.45, 7) is 9.00. The number of alkyl halides is 3. The summed E-state index contributed by atoms with van der Waals surface area (Å²) in [7, 11) is 0. The van der Waals surface area contributed by atoms with Crippen LogP contribution in [0, 0.1) is 11.8 Å². The number of hydrogen-bond acceptors (Lipinski definition) is 1. The zero-order valence-electron chi connectivity index (χ0n) is 21.1. The highest BCUT2D eigenvalue weighted by Gasteiger charge is 2.57. The lowest BCUT2D eigenvalue weighted by molar-refractivity contribution is -0.751. The Kier molecular flexibility index (Phi) is 4.27. The van der Waals surface area contributed by atoms with E-state index in [0.717, 1.165) is 59.4 Å². The average molecular weight is 480 g/mol. The van der Waals surface area contributed by atoms with Gasteiger partial charge in [-0.1, -0.05) is 13.8 Å². The third-order valence-electron chi connectivity index (χ3n) is 11.1. The van der Waals surface area contributed by atoms with Crippen LogP contribution < -0.4 is 4.57 Å². The first-order valence-electron chi connectivity index (χ1n) is 13.5. The molecular weight excluding hydrogens is 445 g/mol. The van der Waals surface area contributed by atoms with Crippen LogP contribution in [0.4, 0.5) is 13.2 Å². The third-order valence-corrected chi connectivity index (χ3v) is 11.1. The molecule has 2 aromatic heterocycles. The third kappa shape index (κ3) is 2.58.